The fraction of sp³-hybridized carbons (Fsp3) is 0.185. The third kappa shape index (κ3) is 4.45. The monoisotopic (exact) mass is 454 g/mol. The van der Waals surface area contributed by atoms with Gasteiger partial charge < -0.3 is 19.5 Å². The highest BCUT2D eigenvalue weighted by Gasteiger charge is 2.15. The van der Waals surface area contributed by atoms with E-state index in [0.717, 1.165) is 57.2 Å². The quantitative estimate of drug-likeness (QED) is 0.365. The highest BCUT2D eigenvalue weighted by Crippen LogP contribution is 2.33. The molecular weight excluding hydrogens is 428 g/mol. The van der Waals surface area contributed by atoms with Crippen LogP contribution >= 0.6 is 0 Å². The number of H-pyrrole nitrogens is 1. The summed E-state index contributed by atoms with van der Waals surface area (Å²) in [5.74, 6) is 3.09. The lowest BCUT2D eigenvalue weighted by Gasteiger charge is -2.16. The van der Waals surface area contributed by atoms with Crippen LogP contribution in [0.1, 0.15) is 12.0 Å². The number of benzene rings is 2. The second-order valence-corrected chi connectivity index (χ2v) is 7.92. The summed E-state index contributed by atoms with van der Waals surface area (Å²) in [6, 6.07) is 15.7. The third-order valence-electron chi connectivity index (χ3n) is 5.77. The van der Waals surface area contributed by atoms with Crippen molar-refractivity contribution in [2.24, 2.45) is 0 Å². The van der Waals surface area contributed by atoms with E-state index < -0.39 is 0 Å². The molecule has 0 spiro atoms. The minimum absolute atomic E-state index is 0.0667. The van der Waals surface area contributed by atoms with Crippen molar-refractivity contribution in [3.05, 3.63) is 84.6 Å². The standard InChI is InChI=1S/C27H26N4O3/c1-32-22-13-10-19(24(16-22)33-2)17-29-27-25-23(14-15-28-27)30-31-26(25)18-8-11-21(12-9-18)34-20-6-4-3-5-7-20/h3-6,8-16,20H,7,17H2,1-2H3,(H,28,29)(H,30,31). The van der Waals surface area contributed by atoms with Gasteiger partial charge in [0, 0.05) is 36.4 Å². The van der Waals surface area contributed by atoms with Crippen LogP contribution in [0.5, 0.6) is 17.2 Å². The number of rotatable bonds is 8. The molecular formula is C27H26N4O3. The molecule has 0 bridgehead atoms. The van der Waals surface area contributed by atoms with E-state index >= 15 is 0 Å². The molecule has 2 N–H and O–H groups in total. The summed E-state index contributed by atoms with van der Waals surface area (Å²) in [4.78, 5) is 4.59. The first kappa shape index (κ1) is 21.6. The van der Waals surface area contributed by atoms with Crippen LogP contribution in [0.25, 0.3) is 22.2 Å². The lowest BCUT2D eigenvalue weighted by atomic mass is 10.1. The van der Waals surface area contributed by atoms with Crippen LogP contribution in [0.4, 0.5) is 5.82 Å². The Kier molecular flexibility index (Phi) is 6.16. The zero-order chi connectivity index (χ0) is 23.3. The van der Waals surface area contributed by atoms with E-state index in [4.69, 9.17) is 14.2 Å². The molecule has 0 fully saturated rings. The van der Waals surface area contributed by atoms with Crippen LogP contribution in [0.15, 0.2) is 79.0 Å². The highest BCUT2D eigenvalue weighted by atomic mass is 16.5. The van der Waals surface area contributed by atoms with Gasteiger partial charge in [0.05, 0.1) is 25.1 Å². The average Bonchev–Trinajstić information content (AvgIpc) is 3.33. The van der Waals surface area contributed by atoms with Gasteiger partial charge in [0.2, 0.25) is 0 Å². The molecule has 1 aliphatic carbocycles. The van der Waals surface area contributed by atoms with E-state index in [1.807, 2.05) is 60.7 Å². The third-order valence-corrected chi connectivity index (χ3v) is 5.77. The molecule has 2 heterocycles. The van der Waals surface area contributed by atoms with Crippen LogP contribution < -0.4 is 19.5 Å². The van der Waals surface area contributed by atoms with Gasteiger partial charge in [-0.3, -0.25) is 5.10 Å². The summed E-state index contributed by atoms with van der Waals surface area (Å²) in [6.45, 7) is 0.542. The van der Waals surface area contributed by atoms with Gasteiger partial charge in [-0.25, -0.2) is 4.98 Å². The molecule has 5 rings (SSSR count). The van der Waals surface area contributed by atoms with Crippen LogP contribution in [0.2, 0.25) is 0 Å². The molecule has 7 nitrogen and oxygen atoms in total. The Morgan fingerprint density at radius 1 is 1.00 bits per heavy atom. The molecule has 1 atom stereocenters. The fourth-order valence-corrected chi connectivity index (χ4v) is 4.00. The summed E-state index contributed by atoms with van der Waals surface area (Å²) in [6.07, 6.45) is 10.9. The molecule has 34 heavy (non-hydrogen) atoms. The maximum Gasteiger partial charge on any atom is 0.137 e. The molecule has 2 aromatic heterocycles. The normalized spacial score (nSPS) is 14.8. The fourth-order valence-electron chi connectivity index (χ4n) is 4.00. The number of anilines is 1. The maximum atomic E-state index is 6.05. The molecule has 0 saturated heterocycles. The molecule has 0 saturated carbocycles. The topological polar surface area (TPSA) is 81.3 Å². The average molecular weight is 455 g/mol. The number of nitrogens with zero attached hydrogens (tertiary/aromatic N) is 2. The van der Waals surface area contributed by atoms with Crippen LogP contribution in [-0.2, 0) is 6.54 Å². The first-order chi connectivity index (χ1) is 16.7. The SMILES string of the molecule is COc1ccc(CNc2nccc3[nH]nc(-c4ccc(OC5C=CC=CC5)cc4)c23)c(OC)c1. The van der Waals surface area contributed by atoms with Gasteiger partial charge in [-0.2, -0.15) is 5.10 Å². The number of allylic oxidation sites excluding steroid dienone is 2. The smallest absolute Gasteiger partial charge is 0.137 e. The number of aromatic nitrogens is 3. The van der Waals surface area contributed by atoms with Gasteiger partial charge in [-0.1, -0.05) is 18.2 Å². The molecule has 2 aromatic carbocycles. The van der Waals surface area contributed by atoms with Gasteiger partial charge in [0.25, 0.3) is 0 Å². The molecule has 0 amide bonds. The molecule has 0 aliphatic heterocycles. The number of hydrogen-bond acceptors (Lipinski definition) is 6. The minimum atomic E-state index is 0.0667. The number of hydrogen-bond donors (Lipinski definition) is 2. The lowest BCUT2D eigenvalue weighted by Crippen LogP contribution is -2.13. The Morgan fingerprint density at radius 2 is 1.85 bits per heavy atom. The van der Waals surface area contributed by atoms with Crippen LogP contribution in [-0.4, -0.2) is 35.5 Å². The van der Waals surface area contributed by atoms with Crippen molar-refractivity contribution in [1.82, 2.24) is 15.2 Å². The number of nitrogens with one attached hydrogen (secondary N) is 2. The number of aromatic amines is 1. The van der Waals surface area contributed by atoms with E-state index in [-0.39, 0.29) is 6.10 Å². The van der Waals surface area contributed by atoms with Crippen LogP contribution in [0, 0.1) is 0 Å². The number of fused-ring (bicyclic) bond motifs is 1. The Hall–Kier alpha value is -4.26. The number of ether oxygens (including phenoxy) is 3. The van der Waals surface area contributed by atoms with E-state index in [0.29, 0.717) is 6.54 Å². The molecule has 1 unspecified atom stereocenters. The molecule has 4 aromatic rings. The summed E-state index contributed by atoms with van der Waals surface area (Å²) in [7, 11) is 3.29. The molecule has 0 radical (unpaired) electrons. The van der Waals surface area contributed by atoms with Crippen molar-refractivity contribution in [3.8, 4) is 28.5 Å². The largest absolute Gasteiger partial charge is 0.497 e. The molecule has 1 aliphatic rings. The zero-order valence-corrected chi connectivity index (χ0v) is 19.1. The van der Waals surface area contributed by atoms with Gasteiger partial charge in [-0.05, 0) is 48.5 Å². The Labute approximate surface area is 198 Å². The van der Waals surface area contributed by atoms with Crippen molar-refractivity contribution < 1.29 is 14.2 Å². The van der Waals surface area contributed by atoms with Crippen molar-refractivity contribution in [2.75, 3.05) is 19.5 Å². The van der Waals surface area contributed by atoms with Crippen LogP contribution in [0.3, 0.4) is 0 Å². The van der Waals surface area contributed by atoms with E-state index in [1.54, 1.807) is 20.4 Å². The summed E-state index contributed by atoms with van der Waals surface area (Å²) in [5, 5.41) is 12.1. The van der Waals surface area contributed by atoms with Gasteiger partial charge in [0.1, 0.15) is 34.9 Å². The van der Waals surface area contributed by atoms with Crippen molar-refractivity contribution in [3.63, 3.8) is 0 Å². The predicted octanol–water partition coefficient (Wildman–Crippen LogP) is 5.52. The second-order valence-electron chi connectivity index (χ2n) is 7.92. The summed E-state index contributed by atoms with van der Waals surface area (Å²) in [5.41, 5.74) is 3.73. The number of pyridine rings is 1. The predicted molar refractivity (Wildman–Crippen MR) is 134 cm³/mol. The van der Waals surface area contributed by atoms with Crippen molar-refractivity contribution in [2.45, 2.75) is 19.1 Å². The lowest BCUT2D eigenvalue weighted by molar-refractivity contribution is 0.251. The second kappa shape index (κ2) is 9.70. The Bertz CT molecular complexity index is 1340. The zero-order valence-electron chi connectivity index (χ0n) is 19.1. The van der Waals surface area contributed by atoms with Gasteiger partial charge in [0.15, 0.2) is 0 Å². The summed E-state index contributed by atoms with van der Waals surface area (Å²) < 4.78 is 16.9. The number of methoxy groups -OCH3 is 2. The van der Waals surface area contributed by atoms with E-state index in [1.165, 1.54) is 0 Å². The molecule has 172 valence electrons. The minimum Gasteiger partial charge on any atom is -0.497 e. The first-order valence-corrected chi connectivity index (χ1v) is 11.1. The Morgan fingerprint density at radius 3 is 2.62 bits per heavy atom. The first-order valence-electron chi connectivity index (χ1n) is 11.1. The van der Waals surface area contributed by atoms with E-state index in [9.17, 15) is 0 Å². The highest BCUT2D eigenvalue weighted by molar-refractivity contribution is 6.00. The maximum absolute atomic E-state index is 6.05. The van der Waals surface area contributed by atoms with Crippen molar-refractivity contribution >= 4 is 16.7 Å². The summed E-state index contributed by atoms with van der Waals surface area (Å²) >= 11 is 0. The van der Waals surface area contributed by atoms with Crippen molar-refractivity contribution in [1.29, 1.82) is 0 Å². The van der Waals surface area contributed by atoms with E-state index in [2.05, 4.69) is 32.7 Å². The Balaban J connectivity index is 1.39. The molecule has 7 heteroatoms. The van der Waals surface area contributed by atoms with Gasteiger partial charge >= 0.3 is 0 Å². The van der Waals surface area contributed by atoms with Gasteiger partial charge in [-0.15, -0.1) is 0 Å².